The smallest absolute Gasteiger partial charge is 0.408 e. The van der Waals surface area contributed by atoms with E-state index in [2.05, 4.69) is 293 Å². The van der Waals surface area contributed by atoms with Crippen molar-refractivity contribution < 1.29 is 27.1 Å². The van der Waals surface area contributed by atoms with Gasteiger partial charge in [0, 0.05) is 33.4 Å². The van der Waals surface area contributed by atoms with Gasteiger partial charge in [-0.05, 0) is 113 Å². The minimum atomic E-state index is -2.13. The Hall–Kier alpha value is -4.24. The molecule has 0 fully saturated rings. The zero-order valence-corrected chi connectivity index (χ0v) is 56.2. The summed E-state index contributed by atoms with van der Waals surface area (Å²) >= 11 is 0. The Morgan fingerprint density at radius 3 is 0.500 bits per heavy atom. The average molecular weight is 1100 g/mol. The topological polar surface area (TPSA) is 55.4 Å². The van der Waals surface area contributed by atoms with Crippen LogP contribution in [0, 0.1) is 0 Å². The van der Waals surface area contributed by atoms with E-state index in [1.807, 2.05) is 0 Å². The molecule has 0 saturated heterocycles. The molecule has 8 heteroatoms. The summed E-state index contributed by atoms with van der Waals surface area (Å²) in [5.41, 5.74) is 9.04. The molecule has 0 aromatic heterocycles. The Morgan fingerprint density at radius 2 is 0.346 bits per heavy atom. The molecule has 5 aromatic rings. The summed E-state index contributed by atoms with van der Waals surface area (Å²) in [6, 6.07) is 30.6. The summed E-state index contributed by atoms with van der Waals surface area (Å²) in [6.45, 7) is 67.1. The van der Waals surface area contributed by atoms with E-state index in [0.29, 0.717) is 11.5 Å². The molecular weight excluding hydrogens is 999 g/mol. The Kier molecular flexibility index (Phi) is 18.4. The highest BCUT2D eigenvalue weighted by Crippen LogP contribution is 2.55. The molecule has 0 aliphatic heterocycles. The fraction of sp³-hybridized carbons (Fsp3) is 0.571. The number of benzene rings is 5. The molecule has 5 rings (SSSR count). The van der Waals surface area contributed by atoms with Crippen LogP contribution in [0.1, 0.15) is 263 Å². The van der Waals surface area contributed by atoms with E-state index in [4.69, 9.17) is 27.1 Å². The molecule has 5 aromatic carbocycles. The lowest BCUT2D eigenvalue weighted by Gasteiger charge is -2.33. The van der Waals surface area contributed by atoms with Crippen LogP contribution in [0.2, 0.25) is 0 Å². The maximum absolute atomic E-state index is 7.39. The van der Waals surface area contributed by atoms with Crippen molar-refractivity contribution in [1.82, 2.24) is 0 Å². The van der Waals surface area contributed by atoms with Gasteiger partial charge in [-0.3, -0.25) is 0 Å². The molecular formula is C70H104O6P2. The highest BCUT2D eigenvalue weighted by molar-refractivity contribution is 7.43. The molecule has 0 atom stereocenters. The second-order valence-corrected chi connectivity index (χ2v) is 34.2. The minimum absolute atomic E-state index is 0.0601. The van der Waals surface area contributed by atoms with E-state index in [1.54, 1.807) is 0 Å². The largest absolute Gasteiger partial charge is 0.530 e. The maximum Gasteiger partial charge on any atom is 0.530 e. The third-order valence-corrected chi connectivity index (χ3v) is 16.4. The molecule has 0 heterocycles. The monoisotopic (exact) mass is 1100 g/mol. The number of rotatable bonds is 12. The van der Waals surface area contributed by atoms with Crippen LogP contribution in [0.4, 0.5) is 0 Å². The zero-order chi connectivity index (χ0) is 59.5. The molecule has 0 saturated carbocycles. The van der Waals surface area contributed by atoms with Gasteiger partial charge in [-0.2, -0.15) is 0 Å². The maximum atomic E-state index is 7.39. The van der Waals surface area contributed by atoms with Crippen LogP contribution in [0.15, 0.2) is 84.9 Å². The van der Waals surface area contributed by atoms with Crippen LogP contribution in [-0.2, 0) is 54.1 Å². The highest BCUT2D eigenvalue weighted by Gasteiger charge is 2.37. The quantitative estimate of drug-likeness (QED) is 0.116. The van der Waals surface area contributed by atoms with E-state index in [0.717, 1.165) is 56.4 Å². The van der Waals surface area contributed by atoms with E-state index < -0.39 is 28.0 Å². The van der Waals surface area contributed by atoms with E-state index in [1.165, 1.54) is 22.3 Å². The lowest BCUT2D eigenvalue weighted by atomic mass is 9.80. The van der Waals surface area contributed by atoms with Gasteiger partial charge in [-0.25, -0.2) is 0 Å². The van der Waals surface area contributed by atoms with Crippen molar-refractivity contribution in [3.8, 4) is 34.5 Å². The normalized spacial score (nSPS) is 13.7. The summed E-state index contributed by atoms with van der Waals surface area (Å²) in [6.07, 6.45) is 0. The predicted octanol–water partition coefficient (Wildman–Crippen LogP) is 22.2. The third-order valence-electron chi connectivity index (χ3n) is 14.3. The average Bonchev–Trinajstić information content (AvgIpc) is 3.23. The SMILES string of the molecule is CC(C)(C)c1ccc(OP(Oc2ccc(C(C)(C)C)cc2C(C)(C)C)Oc2cc(C(C)(C)C)c(OP(Oc3ccc(C(C)(C)C)cc3C(C)(C)C)Oc3ccc(C(C)(C)C)cc3C(C)(C)C)cc2C(C)(C)C)c(C(C)(C)C)c1. The second kappa shape index (κ2) is 22.3. The molecule has 78 heavy (non-hydrogen) atoms. The summed E-state index contributed by atoms with van der Waals surface area (Å²) in [7, 11) is -4.27. The molecule has 0 spiro atoms. The summed E-state index contributed by atoms with van der Waals surface area (Å²) in [4.78, 5) is 0. The van der Waals surface area contributed by atoms with Crippen molar-refractivity contribution in [2.24, 2.45) is 0 Å². The summed E-state index contributed by atoms with van der Waals surface area (Å²) in [5.74, 6) is 4.24. The Labute approximate surface area is 478 Å². The number of hydrogen-bond acceptors (Lipinski definition) is 6. The van der Waals surface area contributed by atoms with Crippen LogP contribution >= 0.6 is 17.2 Å². The molecule has 0 aliphatic carbocycles. The van der Waals surface area contributed by atoms with E-state index >= 15 is 0 Å². The Morgan fingerprint density at radius 1 is 0.192 bits per heavy atom. The van der Waals surface area contributed by atoms with Crippen molar-refractivity contribution in [3.63, 3.8) is 0 Å². The first-order valence-corrected chi connectivity index (χ1v) is 30.6. The molecule has 430 valence electrons. The lowest BCUT2D eigenvalue weighted by molar-refractivity contribution is 0.363. The first-order chi connectivity index (χ1) is 35.0. The standard InChI is InChI=1S/C70H104O6P2/c1-61(2,3)45-31-35-55(49(39-45)65(13,14)15)71-77(72-56-36-32-46(62(4,5)6)40-50(56)66(16,17)18)75-59-43-54(70(28,29)30)60(44-53(59)69(25,26)27)76-78(73-57-37-33-47(63(7,8)9)41-51(57)67(19,20)21)74-58-38-34-48(64(10,11)12)42-52(58)68(22,23)24/h31-44H,1-30H3. The minimum Gasteiger partial charge on any atom is -0.408 e. The van der Waals surface area contributed by atoms with Gasteiger partial charge in [0.2, 0.25) is 0 Å². The van der Waals surface area contributed by atoms with Gasteiger partial charge >= 0.3 is 17.2 Å². The highest BCUT2D eigenvalue weighted by atomic mass is 31.2. The summed E-state index contributed by atoms with van der Waals surface area (Å²) < 4.78 is 43.7. The molecule has 6 nitrogen and oxygen atoms in total. The molecule has 0 unspecified atom stereocenters. The lowest BCUT2D eigenvalue weighted by Crippen LogP contribution is -2.21. The molecule has 0 radical (unpaired) electrons. The fourth-order valence-electron chi connectivity index (χ4n) is 9.13. The van der Waals surface area contributed by atoms with Crippen LogP contribution in [0.3, 0.4) is 0 Å². The van der Waals surface area contributed by atoms with Crippen LogP contribution in [-0.4, -0.2) is 0 Å². The van der Waals surface area contributed by atoms with Crippen molar-refractivity contribution in [2.45, 2.75) is 262 Å². The molecule has 0 N–H and O–H groups in total. The number of hydrogen-bond donors (Lipinski definition) is 0. The van der Waals surface area contributed by atoms with Gasteiger partial charge in [0.1, 0.15) is 34.5 Å². The van der Waals surface area contributed by atoms with E-state index in [9.17, 15) is 0 Å². The van der Waals surface area contributed by atoms with Gasteiger partial charge in [0.05, 0.1) is 0 Å². The molecule has 0 amide bonds. The second-order valence-electron chi connectivity index (χ2n) is 32.2. The fourth-order valence-corrected chi connectivity index (χ4v) is 11.3. The zero-order valence-electron chi connectivity index (χ0n) is 54.4. The predicted molar refractivity (Wildman–Crippen MR) is 337 cm³/mol. The van der Waals surface area contributed by atoms with Gasteiger partial charge in [0.15, 0.2) is 0 Å². The van der Waals surface area contributed by atoms with Gasteiger partial charge in [-0.1, -0.05) is 256 Å². The van der Waals surface area contributed by atoms with Crippen LogP contribution in [0.5, 0.6) is 34.5 Å². The first-order valence-electron chi connectivity index (χ1n) is 28.4. The van der Waals surface area contributed by atoms with Crippen LogP contribution in [0.25, 0.3) is 0 Å². The Balaban J connectivity index is 1.79. The summed E-state index contributed by atoms with van der Waals surface area (Å²) in [5, 5.41) is 0. The van der Waals surface area contributed by atoms with Crippen molar-refractivity contribution in [1.29, 1.82) is 0 Å². The molecule has 0 aliphatic rings. The Bertz CT molecular complexity index is 2540. The molecule has 0 bridgehead atoms. The van der Waals surface area contributed by atoms with Crippen molar-refractivity contribution in [2.75, 3.05) is 0 Å². The first kappa shape index (κ1) is 64.6. The van der Waals surface area contributed by atoms with Crippen molar-refractivity contribution in [3.05, 3.63) is 141 Å². The van der Waals surface area contributed by atoms with Crippen LogP contribution < -0.4 is 27.1 Å². The van der Waals surface area contributed by atoms with Gasteiger partial charge in [0.25, 0.3) is 0 Å². The van der Waals surface area contributed by atoms with Gasteiger partial charge < -0.3 is 27.1 Å². The van der Waals surface area contributed by atoms with Gasteiger partial charge in [-0.15, -0.1) is 0 Å². The third kappa shape index (κ3) is 16.5. The van der Waals surface area contributed by atoms with E-state index in [-0.39, 0.29) is 43.3 Å². The van der Waals surface area contributed by atoms with Crippen molar-refractivity contribution >= 4 is 17.2 Å².